The lowest BCUT2D eigenvalue weighted by atomic mass is 9.90. The number of carbonyl (C=O) groups excluding carboxylic acids is 1. The number of amides is 2. The minimum absolute atomic E-state index is 0.0132. The van der Waals surface area contributed by atoms with Gasteiger partial charge in [0.2, 0.25) is 0 Å². The second-order valence-corrected chi connectivity index (χ2v) is 6.13. The van der Waals surface area contributed by atoms with Gasteiger partial charge in [0.15, 0.2) is 5.72 Å². The number of nitrogens with one attached hydrogen (secondary N) is 1. The lowest BCUT2D eigenvalue weighted by molar-refractivity contribution is -0.385. The lowest BCUT2D eigenvalue weighted by Crippen LogP contribution is -2.65. The summed E-state index contributed by atoms with van der Waals surface area (Å²) >= 11 is 0. The average molecular weight is 325 g/mol. The molecule has 1 saturated heterocycles. The van der Waals surface area contributed by atoms with E-state index in [0.29, 0.717) is 17.7 Å². The number of urea groups is 1. The maximum Gasteiger partial charge on any atom is 0.325 e. The number of anilines is 1. The van der Waals surface area contributed by atoms with Crippen molar-refractivity contribution in [2.75, 3.05) is 4.90 Å². The summed E-state index contributed by atoms with van der Waals surface area (Å²) in [6, 6.07) is 13.2. The van der Waals surface area contributed by atoms with Crippen LogP contribution in [0.25, 0.3) is 0 Å². The second-order valence-electron chi connectivity index (χ2n) is 6.13. The van der Waals surface area contributed by atoms with E-state index in [1.807, 2.05) is 37.3 Å². The molecule has 2 bridgehead atoms. The highest BCUT2D eigenvalue weighted by molar-refractivity contribution is 5.94. The topological polar surface area (TPSA) is 84.7 Å². The fraction of sp³-hybridized carbons (Fsp3) is 0.235. The lowest BCUT2D eigenvalue weighted by Gasteiger charge is -2.50. The molecule has 0 spiro atoms. The Morgan fingerprint density at radius 2 is 2.04 bits per heavy atom. The normalized spacial score (nSPS) is 24.6. The van der Waals surface area contributed by atoms with E-state index in [4.69, 9.17) is 4.74 Å². The zero-order chi connectivity index (χ0) is 16.9. The molecule has 24 heavy (non-hydrogen) atoms. The summed E-state index contributed by atoms with van der Waals surface area (Å²) in [6.45, 7) is 1.86. The third kappa shape index (κ3) is 2.09. The van der Waals surface area contributed by atoms with Gasteiger partial charge in [-0.2, -0.15) is 0 Å². The summed E-state index contributed by atoms with van der Waals surface area (Å²) in [6.07, 6.45) is 0.502. The predicted octanol–water partition coefficient (Wildman–Crippen LogP) is 3.36. The van der Waals surface area contributed by atoms with Gasteiger partial charge in [-0.15, -0.1) is 0 Å². The highest BCUT2D eigenvalue weighted by Crippen LogP contribution is 2.46. The molecule has 2 atom stereocenters. The van der Waals surface area contributed by atoms with Crippen molar-refractivity contribution in [1.29, 1.82) is 0 Å². The van der Waals surface area contributed by atoms with Crippen LogP contribution in [0.5, 0.6) is 5.75 Å². The Labute approximate surface area is 138 Å². The molecular formula is C17H15N3O4. The predicted molar refractivity (Wildman–Crippen MR) is 86.9 cm³/mol. The molecule has 0 saturated carbocycles. The van der Waals surface area contributed by atoms with Crippen LogP contribution in [-0.4, -0.2) is 16.7 Å². The van der Waals surface area contributed by atoms with E-state index in [9.17, 15) is 14.9 Å². The molecule has 2 amide bonds. The molecule has 0 aliphatic carbocycles. The number of fused-ring (bicyclic) bond motifs is 4. The quantitative estimate of drug-likeness (QED) is 0.677. The number of benzene rings is 2. The summed E-state index contributed by atoms with van der Waals surface area (Å²) in [4.78, 5) is 24.8. The van der Waals surface area contributed by atoms with Gasteiger partial charge in [-0.25, -0.2) is 4.79 Å². The molecule has 1 fully saturated rings. The summed E-state index contributed by atoms with van der Waals surface area (Å²) in [5.74, 6) is 0.556. The minimum Gasteiger partial charge on any atom is -0.467 e. The van der Waals surface area contributed by atoms with Gasteiger partial charge in [0.25, 0.3) is 5.69 Å². The van der Waals surface area contributed by atoms with Crippen LogP contribution in [-0.2, 0) is 0 Å². The summed E-state index contributed by atoms with van der Waals surface area (Å²) in [7, 11) is 0. The van der Waals surface area contributed by atoms with Crippen molar-refractivity contribution >= 4 is 17.4 Å². The maximum atomic E-state index is 12.6. The first kappa shape index (κ1) is 14.5. The molecule has 7 nitrogen and oxygen atoms in total. The van der Waals surface area contributed by atoms with Crippen molar-refractivity contribution in [3.63, 3.8) is 0 Å². The number of carbonyl (C=O) groups is 1. The monoisotopic (exact) mass is 325 g/mol. The van der Waals surface area contributed by atoms with E-state index in [1.165, 1.54) is 12.1 Å². The largest absolute Gasteiger partial charge is 0.467 e. The number of hydrogen-bond donors (Lipinski definition) is 1. The fourth-order valence-electron chi connectivity index (χ4n) is 3.44. The van der Waals surface area contributed by atoms with E-state index in [2.05, 4.69) is 5.32 Å². The standard InChI is InChI=1S/C17H15N3O4/c1-17-10-14(13-9-12(20(22)23)7-8-15(13)24-17)18-16(21)19(17)11-5-3-2-4-6-11/h2-9,14H,10H2,1H3,(H,18,21). The van der Waals surface area contributed by atoms with E-state index < -0.39 is 10.6 Å². The Morgan fingerprint density at radius 3 is 2.75 bits per heavy atom. The van der Waals surface area contributed by atoms with Crippen LogP contribution >= 0.6 is 0 Å². The van der Waals surface area contributed by atoms with Crippen LogP contribution in [0.15, 0.2) is 48.5 Å². The molecule has 0 aromatic heterocycles. The fourth-order valence-corrected chi connectivity index (χ4v) is 3.44. The van der Waals surface area contributed by atoms with Gasteiger partial charge in [-0.3, -0.25) is 15.0 Å². The number of nitro benzene ring substituents is 1. The number of nitro groups is 1. The van der Waals surface area contributed by atoms with Gasteiger partial charge in [0.1, 0.15) is 5.75 Å². The van der Waals surface area contributed by atoms with Gasteiger partial charge < -0.3 is 10.1 Å². The SMILES string of the molecule is CC12CC(NC(=O)N1c1ccccc1)c1cc([N+](=O)[O-])ccc1O2. The Bertz CT molecular complexity index is 839. The molecule has 2 aliphatic heterocycles. The van der Waals surface area contributed by atoms with Crippen LogP contribution in [0, 0.1) is 10.1 Å². The van der Waals surface area contributed by atoms with Crippen LogP contribution in [0.3, 0.4) is 0 Å². The third-order valence-electron chi connectivity index (χ3n) is 4.48. The third-order valence-corrected chi connectivity index (χ3v) is 4.48. The Hall–Kier alpha value is -3.09. The molecule has 2 unspecified atom stereocenters. The van der Waals surface area contributed by atoms with Gasteiger partial charge in [0, 0.05) is 29.8 Å². The zero-order valence-corrected chi connectivity index (χ0v) is 12.9. The van der Waals surface area contributed by atoms with Crippen LogP contribution in [0.1, 0.15) is 24.9 Å². The van der Waals surface area contributed by atoms with Crippen LogP contribution < -0.4 is 15.0 Å². The number of hydrogen-bond acceptors (Lipinski definition) is 4. The minimum atomic E-state index is -0.850. The molecule has 2 aromatic carbocycles. The van der Waals surface area contributed by atoms with Gasteiger partial charge >= 0.3 is 6.03 Å². The molecule has 7 heteroatoms. The summed E-state index contributed by atoms with van der Waals surface area (Å²) in [5.41, 5.74) is 0.516. The molecule has 0 radical (unpaired) electrons. The molecule has 2 aliphatic rings. The van der Waals surface area contributed by atoms with Crippen molar-refractivity contribution in [2.45, 2.75) is 25.1 Å². The number of rotatable bonds is 2. The first-order valence-electron chi connectivity index (χ1n) is 7.61. The number of nitrogens with zero attached hydrogens (tertiary/aromatic N) is 2. The van der Waals surface area contributed by atoms with E-state index in [1.54, 1.807) is 11.0 Å². The molecule has 2 aromatic rings. The smallest absolute Gasteiger partial charge is 0.325 e. The van der Waals surface area contributed by atoms with Crippen molar-refractivity contribution in [3.8, 4) is 5.75 Å². The highest BCUT2D eigenvalue weighted by atomic mass is 16.6. The number of non-ortho nitro benzene ring substituents is 1. The van der Waals surface area contributed by atoms with E-state index in [-0.39, 0.29) is 17.8 Å². The summed E-state index contributed by atoms with van der Waals surface area (Å²) in [5, 5.41) is 13.9. The Morgan fingerprint density at radius 1 is 1.29 bits per heavy atom. The number of ether oxygens (including phenoxy) is 1. The second kappa shape index (κ2) is 4.95. The van der Waals surface area contributed by atoms with Crippen LogP contribution in [0.2, 0.25) is 0 Å². The first-order chi connectivity index (χ1) is 11.5. The summed E-state index contributed by atoms with van der Waals surface area (Å²) < 4.78 is 6.10. The van der Waals surface area contributed by atoms with Gasteiger partial charge in [-0.1, -0.05) is 18.2 Å². The van der Waals surface area contributed by atoms with Crippen molar-refractivity contribution < 1.29 is 14.5 Å². The molecule has 2 heterocycles. The van der Waals surface area contributed by atoms with E-state index >= 15 is 0 Å². The van der Waals surface area contributed by atoms with Gasteiger partial charge in [-0.05, 0) is 25.1 Å². The van der Waals surface area contributed by atoms with Crippen LogP contribution in [0.4, 0.5) is 16.2 Å². The average Bonchev–Trinajstić information content (AvgIpc) is 2.54. The molecule has 122 valence electrons. The molecular weight excluding hydrogens is 310 g/mol. The van der Waals surface area contributed by atoms with E-state index in [0.717, 1.165) is 5.69 Å². The number of para-hydroxylation sites is 1. The Balaban J connectivity index is 1.79. The van der Waals surface area contributed by atoms with Crippen molar-refractivity contribution in [1.82, 2.24) is 5.32 Å². The highest BCUT2D eigenvalue weighted by Gasteiger charge is 2.50. The zero-order valence-electron chi connectivity index (χ0n) is 12.9. The van der Waals surface area contributed by atoms with Gasteiger partial charge in [0.05, 0.1) is 11.0 Å². The first-order valence-corrected chi connectivity index (χ1v) is 7.61. The maximum absolute atomic E-state index is 12.6. The van der Waals surface area contributed by atoms with Crippen molar-refractivity contribution in [3.05, 3.63) is 64.2 Å². The Kier molecular flexibility index (Phi) is 2.99. The van der Waals surface area contributed by atoms with Crippen molar-refractivity contribution in [2.24, 2.45) is 0 Å². The molecule has 4 rings (SSSR count). The molecule has 1 N–H and O–H groups in total.